The van der Waals surface area contributed by atoms with Crippen LogP contribution in [0.2, 0.25) is 5.02 Å². The lowest BCUT2D eigenvalue weighted by Gasteiger charge is -2.08. The molecule has 1 heterocycles. The summed E-state index contributed by atoms with van der Waals surface area (Å²) in [5.41, 5.74) is 1.24. The van der Waals surface area contributed by atoms with Crippen LogP contribution < -0.4 is 0 Å². The third kappa shape index (κ3) is 3.89. The zero-order valence-electron chi connectivity index (χ0n) is 11.6. The van der Waals surface area contributed by atoms with Gasteiger partial charge in [0, 0.05) is 12.6 Å². The molecule has 0 amide bonds. The summed E-state index contributed by atoms with van der Waals surface area (Å²) >= 11 is 6.92. The number of aromatic nitrogens is 2. The Hall–Kier alpha value is -1.27. The van der Waals surface area contributed by atoms with Crippen molar-refractivity contribution >= 4 is 40.4 Å². The van der Waals surface area contributed by atoms with E-state index in [1.54, 1.807) is 0 Å². The monoisotopic (exact) mass is 330 g/mol. The van der Waals surface area contributed by atoms with E-state index in [-0.39, 0.29) is 10.8 Å². The Labute approximate surface area is 131 Å². The number of benzene rings is 1. The first-order chi connectivity index (χ1) is 10.0. The van der Waals surface area contributed by atoms with E-state index in [1.807, 2.05) is 4.57 Å². The summed E-state index contributed by atoms with van der Waals surface area (Å²) in [4.78, 5) is 15.1. The van der Waals surface area contributed by atoms with Gasteiger partial charge in [-0.1, -0.05) is 43.1 Å². The molecule has 0 aliphatic rings. The van der Waals surface area contributed by atoms with Crippen molar-refractivity contribution in [1.82, 2.24) is 9.55 Å². The van der Waals surface area contributed by atoms with Gasteiger partial charge >= 0.3 is 5.97 Å². The lowest BCUT2D eigenvalue weighted by molar-refractivity contribution is -0.133. The number of nitrogens with zero attached hydrogens (tertiary/aromatic N) is 2. The van der Waals surface area contributed by atoms with Crippen molar-refractivity contribution in [3.63, 3.8) is 0 Å². The second-order valence-electron chi connectivity index (χ2n) is 4.69. The Bertz CT molecular complexity index is 660. The van der Waals surface area contributed by atoms with Gasteiger partial charge in [-0.25, -0.2) is 9.37 Å². The minimum absolute atomic E-state index is 0.0236. The first-order valence-electron chi connectivity index (χ1n) is 6.72. The summed E-state index contributed by atoms with van der Waals surface area (Å²) in [6.07, 6.45) is 3.07. The van der Waals surface area contributed by atoms with E-state index < -0.39 is 11.8 Å². The molecule has 0 aliphatic heterocycles. The maximum atomic E-state index is 13.7. The van der Waals surface area contributed by atoms with E-state index in [0.29, 0.717) is 22.7 Å². The molecule has 0 spiro atoms. The Kier molecular flexibility index (Phi) is 5.47. The molecular formula is C14H16ClFN2O2S. The fourth-order valence-corrected chi connectivity index (χ4v) is 2.99. The van der Waals surface area contributed by atoms with Crippen molar-refractivity contribution in [2.75, 3.05) is 5.75 Å². The number of thioether (sulfide) groups is 1. The van der Waals surface area contributed by atoms with E-state index in [1.165, 1.54) is 12.1 Å². The average molecular weight is 331 g/mol. The fourth-order valence-electron chi connectivity index (χ4n) is 2.07. The third-order valence-corrected chi connectivity index (χ3v) is 4.32. The zero-order valence-corrected chi connectivity index (χ0v) is 13.2. The summed E-state index contributed by atoms with van der Waals surface area (Å²) in [5, 5.41) is 9.42. The van der Waals surface area contributed by atoms with Crippen molar-refractivity contribution < 1.29 is 14.3 Å². The second kappa shape index (κ2) is 7.13. The van der Waals surface area contributed by atoms with E-state index >= 15 is 0 Å². The number of carboxylic acid groups (broad SMARTS) is 1. The van der Waals surface area contributed by atoms with Gasteiger partial charge in [0.1, 0.15) is 5.82 Å². The number of aryl methyl sites for hydroxylation is 1. The maximum absolute atomic E-state index is 13.7. The lowest BCUT2D eigenvalue weighted by atomic mass is 10.2. The van der Waals surface area contributed by atoms with Gasteiger partial charge in [0.15, 0.2) is 5.16 Å². The number of carboxylic acids is 1. The van der Waals surface area contributed by atoms with Crippen LogP contribution in [0.3, 0.4) is 0 Å². The first kappa shape index (κ1) is 16.1. The third-order valence-electron chi connectivity index (χ3n) is 3.07. The summed E-state index contributed by atoms with van der Waals surface area (Å²) in [6, 6.07) is 2.84. The summed E-state index contributed by atoms with van der Waals surface area (Å²) in [7, 11) is 0. The summed E-state index contributed by atoms with van der Waals surface area (Å²) < 4.78 is 15.5. The number of aliphatic carboxylic acids is 1. The van der Waals surface area contributed by atoms with Crippen LogP contribution in [0.25, 0.3) is 11.0 Å². The molecule has 4 nitrogen and oxygen atoms in total. The molecule has 2 aromatic rings. The molecule has 0 bridgehead atoms. The maximum Gasteiger partial charge on any atom is 0.313 e. The average Bonchev–Trinajstić information content (AvgIpc) is 2.75. The number of hydrogen-bond acceptors (Lipinski definition) is 3. The van der Waals surface area contributed by atoms with Crippen LogP contribution >= 0.6 is 23.4 Å². The highest BCUT2D eigenvalue weighted by atomic mass is 35.5. The zero-order chi connectivity index (χ0) is 15.4. The van der Waals surface area contributed by atoms with E-state index in [2.05, 4.69) is 11.9 Å². The van der Waals surface area contributed by atoms with Gasteiger partial charge in [0.25, 0.3) is 0 Å². The molecule has 1 N–H and O–H groups in total. The van der Waals surface area contributed by atoms with Gasteiger partial charge in [-0.15, -0.1) is 0 Å². The quantitative estimate of drug-likeness (QED) is 0.610. The molecule has 0 fully saturated rings. The van der Waals surface area contributed by atoms with Gasteiger partial charge in [-0.3, -0.25) is 4.79 Å². The Morgan fingerprint density at radius 3 is 2.90 bits per heavy atom. The first-order valence-corrected chi connectivity index (χ1v) is 8.09. The molecule has 0 unspecified atom stereocenters. The smallest absolute Gasteiger partial charge is 0.313 e. The number of rotatable bonds is 7. The van der Waals surface area contributed by atoms with Crippen LogP contribution in [0.5, 0.6) is 0 Å². The Morgan fingerprint density at radius 1 is 1.48 bits per heavy atom. The molecule has 1 aromatic carbocycles. The van der Waals surface area contributed by atoms with Gasteiger partial charge < -0.3 is 9.67 Å². The normalized spacial score (nSPS) is 11.2. The van der Waals surface area contributed by atoms with Crippen molar-refractivity contribution in [1.29, 1.82) is 0 Å². The minimum Gasteiger partial charge on any atom is -0.481 e. The number of carbonyl (C=O) groups is 1. The van der Waals surface area contributed by atoms with E-state index in [4.69, 9.17) is 16.7 Å². The summed E-state index contributed by atoms with van der Waals surface area (Å²) in [6.45, 7) is 2.79. The largest absolute Gasteiger partial charge is 0.481 e. The van der Waals surface area contributed by atoms with Crippen molar-refractivity contribution in [2.45, 2.75) is 37.9 Å². The van der Waals surface area contributed by atoms with Crippen LogP contribution in [0.1, 0.15) is 26.2 Å². The molecule has 21 heavy (non-hydrogen) atoms. The van der Waals surface area contributed by atoms with Crippen molar-refractivity contribution in [3.8, 4) is 0 Å². The molecular weight excluding hydrogens is 315 g/mol. The molecule has 0 radical (unpaired) electrons. The van der Waals surface area contributed by atoms with Crippen LogP contribution in [-0.2, 0) is 11.3 Å². The van der Waals surface area contributed by atoms with Crippen LogP contribution in [-0.4, -0.2) is 26.4 Å². The van der Waals surface area contributed by atoms with Crippen LogP contribution in [0, 0.1) is 5.82 Å². The molecule has 0 aliphatic carbocycles. The van der Waals surface area contributed by atoms with Gasteiger partial charge in [0.05, 0.1) is 21.8 Å². The number of hydrogen-bond donors (Lipinski definition) is 1. The van der Waals surface area contributed by atoms with Crippen LogP contribution in [0.15, 0.2) is 17.3 Å². The highest BCUT2D eigenvalue weighted by Crippen LogP contribution is 2.28. The molecule has 1 aromatic heterocycles. The standard InChI is InChI=1S/C14H16ClFN2O2S/c1-2-3-4-5-18-12-7-10(16)9(15)6-11(12)17-14(18)21-8-13(19)20/h6-7H,2-5,8H2,1H3,(H,19,20). The molecule has 114 valence electrons. The topological polar surface area (TPSA) is 55.1 Å². The SMILES string of the molecule is CCCCCn1c(SCC(=O)O)nc2cc(Cl)c(F)cc21. The van der Waals surface area contributed by atoms with E-state index in [9.17, 15) is 9.18 Å². The molecule has 0 saturated carbocycles. The van der Waals surface area contributed by atoms with Crippen molar-refractivity contribution in [3.05, 3.63) is 23.0 Å². The van der Waals surface area contributed by atoms with Gasteiger partial charge in [-0.05, 0) is 12.5 Å². The van der Waals surface area contributed by atoms with E-state index in [0.717, 1.165) is 31.0 Å². The van der Waals surface area contributed by atoms with Crippen LogP contribution in [0.4, 0.5) is 4.39 Å². The second-order valence-corrected chi connectivity index (χ2v) is 6.04. The molecule has 0 atom stereocenters. The number of halogens is 2. The Balaban J connectivity index is 2.39. The number of fused-ring (bicyclic) bond motifs is 1. The van der Waals surface area contributed by atoms with Gasteiger partial charge in [-0.2, -0.15) is 0 Å². The number of unbranched alkanes of at least 4 members (excludes halogenated alkanes) is 2. The number of imidazole rings is 1. The van der Waals surface area contributed by atoms with Gasteiger partial charge in [0.2, 0.25) is 0 Å². The predicted octanol–water partition coefficient (Wildman–Crippen LogP) is 4.20. The molecule has 2 rings (SSSR count). The predicted molar refractivity (Wildman–Crippen MR) is 82.6 cm³/mol. The minimum atomic E-state index is -0.906. The lowest BCUT2D eigenvalue weighted by Crippen LogP contribution is -2.03. The highest BCUT2D eigenvalue weighted by Gasteiger charge is 2.15. The Morgan fingerprint density at radius 2 is 2.24 bits per heavy atom. The molecule has 7 heteroatoms. The fraction of sp³-hybridized carbons (Fsp3) is 0.429. The van der Waals surface area contributed by atoms with Crippen molar-refractivity contribution in [2.24, 2.45) is 0 Å². The summed E-state index contributed by atoms with van der Waals surface area (Å²) in [5.74, 6) is -1.47. The molecule has 0 saturated heterocycles. The highest BCUT2D eigenvalue weighted by molar-refractivity contribution is 7.99.